The Balaban J connectivity index is 1.25. The first kappa shape index (κ1) is 17.2. The van der Waals surface area contributed by atoms with E-state index in [2.05, 4.69) is 10.3 Å². The zero-order chi connectivity index (χ0) is 19.1. The van der Waals surface area contributed by atoms with Crippen LogP contribution < -0.4 is 20.3 Å². The minimum absolute atomic E-state index is 0.0590. The smallest absolute Gasteiger partial charge is 0.262 e. The van der Waals surface area contributed by atoms with Crippen molar-refractivity contribution in [2.24, 2.45) is 0 Å². The number of amides is 1. The summed E-state index contributed by atoms with van der Waals surface area (Å²) in [4.78, 5) is 31.6. The Bertz CT molecular complexity index is 1120. The minimum Gasteiger partial charge on any atom is -0.486 e. The number of benzene rings is 1. The van der Waals surface area contributed by atoms with Crippen molar-refractivity contribution < 1.29 is 14.3 Å². The Labute approximate surface area is 164 Å². The molecule has 1 amide bonds. The Hall–Kier alpha value is -2.87. The zero-order valence-corrected chi connectivity index (χ0v) is 16.0. The summed E-state index contributed by atoms with van der Waals surface area (Å²) in [6, 6.07) is 7.44. The maximum Gasteiger partial charge on any atom is 0.262 e. The summed E-state index contributed by atoms with van der Waals surface area (Å²) in [6.45, 7) is 0.619. The van der Waals surface area contributed by atoms with E-state index in [-0.39, 0.29) is 24.1 Å². The molecule has 144 valence electrons. The number of carbonyl (C=O) groups is 1. The third kappa shape index (κ3) is 3.03. The van der Waals surface area contributed by atoms with Crippen molar-refractivity contribution in [2.75, 3.05) is 13.2 Å². The van der Waals surface area contributed by atoms with Crippen molar-refractivity contribution in [3.05, 3.63) is 51.4 Å². The second kappa shape index (κ2) is 6.94. The summed E-state index contributed by atoms with van der Waals surface area (Å²) in [5, 5.41) is 3.51. The van der Waals surface area contributed by atoms with Crippen molar-refractivity contribution in [3.8, 4) is 11.5 Å². The van der Waals surface area contributed by atoms with E-state index in [1.807, 2.05) is 24.3 Å². The maximum atomic E-state index is 12.8. The van der Waals surface area contributed by atoms with Gasteiger partial charge in [0.1, 0.15) is 24.1 Å². The quantitative estimate of drug-likeness (QED) is 0.727. The number of ether oxygens (including phenoxy) is 2. The van der Waals surface area contributed by atoms with Crippen LogP contribution in [0.2, 0.25) is 0 Å². The molecule has 1 N–H and O–H groups in total. The summed E-state index contributed by atoms with van der Waals surface area (Å²) in [5.41, 5.74) is 0.990. The van der Waals surface area contributed by atoms with E-state index in [4.69, 9.17) is 9.47 Å². The number of thiophene rings is 1. The number of nitrogens with zero attached hydrogens (tertiary/aromatic N) is 2. The highest BCUT2D eigenvalue weighted by Gasteiger charge is 2.23. The fourth-order valence-electron chi connectivity index (χ4n) is 3.73. The first-order chi connectivity index (χ1) is 13.7. The molecule has 2 aromatic heterocycles. The van der Waals surface area contributed by atoms with Gasteiger partial charge in [-0.25, -0.2) is 4.98 Å². The third-order valence-electron chi connectivity index (χ3n) is 5.10. The Morgan fingerprint density at radius 1 is 1.29 bits per heavy atom. The summed E-state index contributed by atoms with van der Waals surface area (Å²) in [5.74, 6) is 1.13. The average Bonchev–Trinajstić information content (AvgIpc) is 3.29. The lowest BCUT2D eigenvalue weighted by Crippen LogP contribution is -2.42. The number of aryl methyl sites for hydroxylation is 2. The zero-order valence-electron chi connectivity index (χ0n) is 15.1. The Morgan fingerprint density at radius 2 is 2.14 bits per heavy atom. The van der Waals surface area contributed by atoms with E-state index in [0.717, 1.165) is 29.7 Å². The molecule has 0 spiro atoms. The molecule has 28 heavy (non-hydrogen) atoms. The predicted molar refractivity (Wildman–Crippen MR) is 105 cm³/mol. The third-order valence-corrected chi connectivity index (χ3v) is 6.30. The molecule has 0 saturated carbocycles. The molecule has 0 bridgehead atoms. The lowest BCUT2D eigenvalue weighted by atomic mass is 10.2. The molecule has 0 radical (unpaired) electrons. The fraction of sp³-hybridized carbons (Fsp3) is 0.350. The minimum atomic E-state index is -0.267. The first-order valence-corrected chi connectivity index (χ1v) is 10.2. The SMILES string of the molecule is O=C(Cn1cnc2sc3c(c2c1=O)CCC3)NC[C@H]1COc2ccccc2O1. The van der Waals surface area contributed by atoms with Gasteiger partial charge in [0.05, 0.1) is 18.3 Å². The number of rotatable bonds is 4. The molecule has 7 nitrogen and oxygen atoms in total. The van der Waals surface area contributed by atoms with E-state index in [9.17, 15) is 9.59 Å². The molecular weight excluding hydrogens is 378 g/mol. The van der Waals surface area contributed by atoms with Gasteiger partial charge in [-0.1, -0.05) is 12.1 Å². The van der Waals surface area contributed by atoms with Gasteiger partial charge in [0.2, 0.25) is 5.91 Å². The number of hydrogen-bond donors (Lipinski definition) is 1. The number of nitrogens with one attached hydrogen (secondary N) is 1. The van der Waals surface area contributed by atoms with Crippen LogP contribution in [-0.2, 0) is 24.2 Å². The highest BCUT2D eigenvalue weighted by Crippen LogP contribution is 2.34. The molecule has 8 heteroatoms. The largest absolute Gasteiger partial charge is 0.486 e. The summed E-state index contributed by atoms with van der Waals surface area (Å²) in [6.07, 6.45) is 4.22. The first-order valence-electron chi connectivity index (χ1n) is 9.34. The normalized spacial score (nSPS) is 17.5. The second-order valence-corrected chi connectivity index (χ2v) is 8.10. The number of carbonyl (C=O) groups excluding carboxylic acids is 1. The van der Waals surface area contributed by atoms with Gasteiger partial charge in [0.25, 0.3) is 5.56 Å². The molecule has 1 aliphatic carbocycles. The molecule has 0 saturated heterocycles. The van der Waals surface area contributed by atoms with Gasteiger partial charge >= 0.3 is 0 Å². The van der Waals surface area contributed by atoms with Crippen molar-refractivity contribution in [3.63, 3.8) is 0 Å². The van der Waals surface area contributed by atoms with Crippen molar-refractivity contribution in [1.82, 2.24) is 14.9 Å². The molecule has 5 rings (SSSR count). The second-order valence-electron chi connectivity index (χ2n) is 7.02. The summed E-state index contributed by atoms with van der Waals surface area (Å²) < 4.78 is 12.9. The van der Waals surface area contributed by atoms with Gasteiger partial charge in [-0.2, -0.15) is 0 Å². The van der Waals surface area contributed by atoms with Gasteiger partial charge in [-0.15, -0.1) is 11.3 Å². The maximum absolute atomic E-state index is 12.8. The van der Waals surface area contributed by atoms with Crippen LogP contribution in [0.4, 0.5) is 0 Å². The predicted octanol–water partition coefficient (Wildman–Crippen LogP) is 1.90. The van der Waals surface area contributed by atoms with Gasteiger partial charge in [0.15, 0.2) is 11.5 Å². The lowest BCUT2D eigenvalue weighted by molar-refractivity contribution is -0.122. The lowest BCUT2D eigenvalue weighted by Gasteiger charge is -2.26. The van der Waals surface area contributed by atoms with Crippen LogP contribution in [0.1, 0.15) is 16.9 Å². The number of fused-ring (bicyclic) bond motifs is 4. The van der Waals surface area contributed by atoms with Gasteiger partial charge < -0.3 is 14.8 Å². The molecule has 2 aliphatic rings. The van der Waals surface area contributed by atoms with Crippen LogP contribution >= 0.6 is 11.3 Å². The topological polar surface area (TPSA) is 82.5 Å². The van der Waals surface area contributed by atoms with Crippen molar-refractivity contribution >= 4 is 27.5 Å². The van der Waals surface area contributed by atoms with Crippen LogP contribution in [0, 0.1) is 0 Å². The molecule has 0 fully saturated rings. The molecule has 1 aromatic carbocycles. The molecule has 3 aromatic rings. The molecule has 0 unspecified atom stereocenters. The number of hydrogen-bond acceptors (Lipinski definition) is 6. The van der Waals surface area contributed by atoms with Gasteiger partial charge in [0, 0.05) is 4.88 Å². The fourth-order valence-corrected chi connectivity index (χ4v) is 4.95. The van der Waals surface area contributed by atoms with Crippen LogP contribution in [0.5, 0.6) is 11.5 Å². The molecule has 1 aliphatic heterocycles. The summed E-state index contributed by atoms with van der Waals surface area (Å²) >= 11 is 1.60. The molecular formula is C20H19N3O4S. The highest BCUT2D eigenvalue weighted by atomic mass is 32.1. The van der Waals surface area contributed by atoms with Gasteiger partial charge in [-0.05, 0) is 37.0 Å². The van der Waals surface area contributed by atoms with Crippen LogP contribution in [-0.4, -0.2) is 34.7 Å². The highest BCUT2D eigenvalue weighted by molar-refractivity contribution is 7.18. The van der Waals surface area contributed by atoms with Crippen LogP contribution in [0.25, 0.3) is 10.2 Å². The van der Waals surface area contributed by atoms with E-state index in [0.29, 0.717) is 30.0 Å². The monoisotopic (exact) mass is 397 g/mol. The van der Waals surface area contributed by atoms with Crippen molar-refractivity contribution in [1.29, 1.82) is 0 Å². The average molecular weight is 397 g/mol. The van der Waals surface area contributed by atoms with Gasteiger partial charge in [-0.3, -0.25) is 14.2 Å². The van der Waals surface area contributed by atoms with E-state index >= 15 is 0 Å². The van der Waals surface area contributed by atoms with Crippen molar-refractivity contribution in [2.45, 2.75) is 31.9 Å². The van der Waals surface area contributed by atoms with E-state index in [1.54, 1.807) is 11.3 Å². The standard InChI is InChI=1S/C20H19N3O4S/c24-17(21-8-12-10-26-14-5-1-2-6-15(14)27-12)9-23-11-22-19-18(20(23)25)13-4-3-7-16(13)28-19/h1-2,5-6,11-12H,3-4,7-10H2,(H,21,24)/t12-/m0/s1. The van der Waals surface area contributed by atoms with E-state index < -0.39 is 0 Å². The van der Waals surface area contributed by atoms with Crippen LogP contribution in [0.15, 0.2) is 35.4 Å². The van der Waals surface area contributed by atoms with E-state index in [1.165, 1.54) is 15.8 Å². The Morgan fingerprint density at radius 3 is 3.04 bits per heavy atom. The number of para-hydroxylation sites is 2. The molecule has 3 heterocycles. The summed E-state index contributed by atoms with van der Waals surface area (Å²) in [7, 11) is 0. The Kier molecular flexibility index (Phi) is 4.27. The number of aromatic nitrogens is 2. The van der Waals surface area contributed by atoms with Crippen LogP contribution in [0.3, 0.4) is 0 Å². The molecule has 1 atom stereocenters.